The Kier molecular flexibility index (Phi) is 3.68. The molecule has 118 valence electrons. The molecule has 0 atom stereocenters. The van der Waals surface area contributed by atoms with E-state index in [1.807, 2.05) is 24.6 Å². The molecule has 4 aromatic rings. The van der Waals surface area contributed by atoms with Crippen molar-refractivity contribution in [2.75, 3.05) is 20.2 Å². The molecule has 4 rings (SSSR count). The van der Waals surface area contributed by atoms with Crippen molar-refractivity contribution in [3.8, 4) is 17.3 Å². The fourth-order valence-corrected chi connectivity index (χ4v) is 3.44. The molecule has 0 bridgehead atoms. The van der Waals surface area contributed by atoms with Crippen LogP contribution in [0.1, 0.15) is 0 Å². The minimum absolute atomic E-state index is 0.188. The Hall–Kier alpha value is -2.10. The molecule has 3 heterocycles. The second-order valence-corrected chi connectivity index (χ2v) is 6.63. The van der Waals surface area contributed by atoms with Crippen LogP contribution < -0.4 is 4.74 Å². The smallest absolute Gasteiger partial charge is 0.247 e. The molecule has 9 heteroatoms. The third-order valence-corrected chi connectivity index (χ3v) is 5.02. The van der Waals surface area contributed by atoms with Gasteiger partial charge in [-0.3, -0.25) is 0 Å². The van der Waals surface area contributed by atoms with E-state index in [1.54, 1.807) is 29.5 Å². The first kappa shape index (κ1) is 14.5. The predicted octanol–water partition coefficient (Wildman–Crippen LogP) is 3.30. The van der Waals surface area contributed by atoms with Gasteiger partial charge in [-0.2, -0.15) is 0 Å². The molecule has 0 unspecified atom stereocenters. The normalized spacial score (nSPS) is 11.6. The molecule has 0 aliphatic carbocycles. The number of thioether (sulfide) groups is 1. The van der Waals surface area contributed by atoms with Crippen LogP contribution in [0.4, 0.5) is 0 Å². The van der Waals surface area contributed by atoms with Gasteiger partial charge in [0, 0.05) is 13.2 Å². The quantitative estimate of drug-likeness (QED) is 0.404. The van der Waals surface area contributed by atoms with Crippen LogP contribution in [0.25, 0.3) is 27.6 Å². The average molecular weight is 348 g/mol. The fraction of sp³-hybridized carbons (Fsp3) is 0.214. The number of imidazole rings is 1. The lowest BCUT2D eigenvalue weighted by atomic mass is 10.3. The second-order valence-electron chi connectivity index (χ2n) is 4.62. The number of hydrogen-bond acceptors (Lipinski definition) is 8. The number of oxazole rings is 1. The summed E-state index contributed by atoms with van der Waals surface area (Å²) < 4.78 is 18.8. The summed E-state index contributed by atoms with van der Waals surface area (Å²) in [6.07, 6.45) is 3.81. The van der Waals surface area contributed by atoms with E-state index in [0.717, 1.165) is 14.8 Å². The molecule has 0 radical (unpaired) electrons. The predicted molar refractivity (Wildman–Crippen MR) is 88.2 cm³/mol. The zero-order chi connectivity index (χ0) is 15.8. The highest BCUT2D eigenvalue weighted by Crippen LogP contribution is 2.29. The number of nitrogens with zero attached hydrogens (tertiary/aromatic N) is 4. The van der Waals surface area contributed by atoms with Gasteiger partial charge in [-0.1, -0.05) is 23.1 Å². The Morgan fingerprint density at radius 1 is 1.35 bits per heavy atom. The standard InChI is InChI=1S/C14H12N4O3S2/c1-19-7-20-8-3-4-9-11(5-8)21-12(15-9)10-6-18-13(16-10)23-14(17-18)22-2/h3-6H,7H2,1-2H3. The first-order valence-electron chi connectivity index (χ1n) is 6.70. The summed E-state index contributed by atoms with van der Waals surface area (Å²) in [6, 6.07) is 5.45. The van der Waals surface area contributed by atoms with Crippen molar-refractivity contribution in [2.24, 2.45) is 0 Å². The van der Waals surface area contributed by atoms with Gasteiger partial charge in [0.05, 0.1) is 6.20 Å². The van der Waals surface area contributed by atoms with Crippen LogP contribution in [0.5, 0.6) is 5.75 Å². The van der Waals surface area contributed by atoms with Crippen LogP contribution >= 0.6 is 23.1 Å². The van der Waals surface area contributed by atoms with Gasteiger partial charge in [-0.25, -0.2) is 14.5 Å². The molecule has 0 aliphatic heterocycles. The highest BCUT2D eigenvalue weighted by molar-refractivity contribution is 8.00. The number of benzene rings is 1. The number of rotatable bonds is 5. The Morgan fingerprint density at radius 3 is 3.04 bits per heavy atom. The topological polar surface area (TPSA) is 74.7 Å². The molecule has 0 N–H and O–H groups in total. The number of aromatic nitrogens is 4. The van der Waals surface area contributed by atoms with Crippen LogP contribution in [0.3, 0.4) is 0 Å². The molecular formula is C14H12N4O3S2. The van der Waals surface area contributed by atoms with Crippen molar-refractivity contribution in [2.45, 2.75) is 4.34 Å². The van der Waals surface area contributed by atoms with Crippen molar-refractivity contribution >= 4 is 39.2 Å². The maximum absolute atomic E-state index is 5.79. The minimum Gasteiger partial charge on any atom is -0.467 e. The van der Waals surface area contributed by atoms with E-state index < -0.39 is 0 Å². The third-order valence-electron chi connectivity index (χ3n) is 3.12. The molecule has 0 saturated heterocycles. The highest BCUT2D eigenvalue weighted by Gasteiger charge is 2.15. The largest absolute Gasteiger partial charge is 0.467 e. The van der Waals surface area contributed by atoms with Gasteiger partial charge >= 0.3 is 0 Å². The van der Waals surface area contributed by atoms with Crippen LogP contribution in [0.15, 0.2) is 33.2 Å². The molecule has 0 saturated carbocycles. The molecular weight excluding hydrogens is 336 g/mol. The van der Waals surface area contributed by atoms with Crippen LogP contribution in [0, 0.1) is 0 Å². The van der Waals surface area contributed by atoms with E-state index in [-0.39, 0.29) is 6.79 Å². The number of fused-ring (bicyclic) bond motifs is 2. The van der Waals surface area contributed by atoms with E-state index in [4.69, 9.17) is 13.9 Å². The molecule has 0 fully saturated rings. The minimum atomic E-state index is 0.188. The Balaban J connectivity index is 1.70. The highest BCUT2D eigenvalue weighted by atomic mass is 32.2. The summed E-state index contributed by atoms with van der Waals surface area (Å²) >= 11 is 3.13. The van der Waals surface area contributed by atoms with Gasteiger partial charge in [0.15, 0.2) is 16.7 Å². The van der Waals surface area contributed by atoms with Crippen molar-refractivity contribution in [1.82, 2.24) is 19.6 Å². The third kappa shape index (κ3) is 2.67. The molecule has 23 heavy (non-hydrogen) atoms. The fourth-order valence-electron chi connectivity index (χ4n) is 2.10. The second kappa shape index (κ2) is 5.84. The summed E-state index contributed by atoms with van der Waals surface area (Å²) in [7, 11) is 1.58. The number of ether oxygens (including phenoxy) is 2. The van der Waals surface area contributed by atoms with Crippen molar-refractivity contribution in [3.05, 3.63) is 24.4 Å². The SMILES string of the molecule is COCOc1ccc2nc(-c3cn4nc(SC)sc4n3)oc2c1. The van der Waals surface area contributed by atoms with Crippen LogP contribution in [-0.4, -0.2) is 39.7 Å². The lowest BCUT2D eigenvalue weighted by Crippen LogP contribution is -1.98. The van der Waals surface area contributed by atoms with Gasteiger partial charge in [0.2, 0.25) is 10.9 Å². The van der Waals surface area contributed by atoms with E-state index >= 15 is 0 Å². The molecule has 1 aromatic carbocycles. The lowest BCUT2D eigenvalue weighted by Gasteiger charge is -2.02. The van der Waals surface area contributed by atoms with Gasteiger partial charge < -0.3 is 13.9 Å². The zero-order valence-corrected chi connectivity index (χ0v) is 14.0. The summed E-state index contributed by atoms with van der Waals surface area (Å²) in [5.41, 5.74) is 2.05. The van der Waals surface area contributed by atoms with E-state index in [0.29, 0.717) is 22.9 Å². The Bertz CT molecular complexity index is 944. The Labute approximate surface area is 139 Å². The van der Waals surface area contributed by atoms with Crippen LogP contribution in [0.2, 0.25) is 0 Å². The maximum Gasteiger partial charge on any atom is 0.247 e. The van der Waals surface area contributed by atoms with Gasteiger partial charge in [-0.05, 0) is 18.4 Å². The average Bonchev–Trinajstić information content (AvgIpc) is 3.23. The molecule has 0 aliphatic rings. The van der Waals surface area contributed by atoms with Crippen LogP contribution in [-0.2, 0) is 4.74 Å². The zero-order valence-electron chi connectivity index (χ0n) is 12.3. The first-order valence-corrected chi connectivity index (χ1v) is 8.74. The Morgan fingerprint density at radius 2 is 2.26 bits per heavy atom. The van der Waals surface area contributed by atoms with E-state index in [9.17, 15) is 0 Å². The molecule has 0 amide bonds. The van der Waals surface area contributed by atoms with Gasteiger partial charge in [0.1, 0.15) is 17.0 Å². The lowest BCUT2D eigenvalue weighted by molar-refractivity contribution is 0.0512. The van der Waals surface area contributed by atoms with Crippen molar-refractivity contribution < 1.29 is 13.9 Å². The summed E-state index contributed by atoms with van der Waals surface area (Å²) in [5.74, 6) is 1.13. The van der Waals surface area contributed by atoms with E-state index in [2.05, 4.69) is 15.1 Å². The monoisotopic (exact) mass is 348 g/mol. The summed E-state index contributed by atoms with van der Waals surface area (Å²) in [4.78, 5) is 9.80. The summed E-state index contributed by atoms with van der Waals surface area (Å²) in [5, 5.41) is 4.41. The summed E-state index contributed by atoms with van der Waals surface area (Å²) in [6.45, 7) is 0.188. The van der Waals surface area contributed by atoms with Gasteiger partial charge in [0.25, 0.3) is 0 Å². The van der Waals surface area contributed by atoms with E-state index in [1.165, 1.54) is 11.3 Å². The van der Waals surface area contributed by atoms with Crippen molar-refractivity contribution in [3.63, 3.8) is 0 Å². The molecule has 7 nitrogen and oxygen atoms in total. The van der Waals surface area contributed by atoms with Crippen molar-refractivity contribution in [1.29, 1.82) is 0 Å². The first-order chi connectivity index (χ1) is 11.3. The number of hydrogen-bond donors (Lipinski definition) is 0. The molecule has 3 aromatic heterocycles. The number of methoxy groups -OCH3 is 1. The maximum atomic E-state index is 5.79. The van der Waals surface area contributed by atoms with Gasteiger partial charge in [-0.15, -0.1) is 5.10 Å². The molecule has 0 spiro atoms.